The summed E-state index contributed by atoms with van der Waals surface area (Å²) in [5.74, 6) is 0. The fourth-order valence-corrected chi connectivity index (χ4v) is 15.0. The number of fused-ring (bicyclic) bond motifs is 2. The van der Waals surface area contributed by atoms with Gasteiger partial charge < -0.3 is 48.6 Å². The summed E-state index contributed by atoms with van der Waals surface area (Å²) in [5, 5.41) is 41.6. The van der Waals surface area contributed by atoms with E-state index in [0.717, 1.165) is 72.8 Å². The van der Waals surface area contributed by atoms with Crippen LogP contribution in [0.1, 0.15) is 22.3 Å². The van der Waals surface area contributed by atoms with Gasteiger partial charge in [0, 0.05) is 32.9 Å². The summed E-state index contributed by atoms with van der Waals surface area (Å²) in [4.78, 5) is 4.13. The zero-order chi connectivity index (χ0) is 75.4. The molecule has 6 N–H and O–H groups in total. The Kier molecular flexibility index (Phi) is 37.0. The number of amidine groups is 4. The zero-order valence-electron chi connectivity index (χ0n) is 57.9. The Hall–Kier alpha value is -3.86. The van der Waals surface area contributed by atoms with Gasteiger partial charge in [-0.15, -0.1) is 60.7 Å². The molecule has 46 heteroatoms. The van der Waals surface area contributed by atoms with Crippen LogP contribution in [0.4, 0.5) is 56.9 Å². The molecule has 0 fully saturated rings. The Morgan fingerprint density at radius 1 is 0.309 bits per heavy atom. The zero-order valence-corrected chi connectivity index (χ0v) is 78.4. The molecular weight excluding hydrogens is 1680 g/mol. The van der Waals surface area contributed by atoms with E-state index in [9.17, 15) is 77.8 Å². The number of hydrogen-bond donors (Lipinski definition) is 10. The predicted molar refractivity (Wildman–Crippen MR) is 400 cm³/mol. The smallest absolute Gasteiger partial charge is 0.744 e. The Bertz CT molecular complexity index is 5810. The minimum atomic E-state index is -5.29. The third-order valence-electron chi connectivity index (χ3n) is 14.6. The second kappa shape index (κ2) is 41.3. The van der Waals surface area contributed by atoms with Gasteiger partial charge in [-0.3, -0.25) is 10.8 Å². The fourth-order valence-electron chi connectivity index (χ4n) is 10.1. The number of anilines is 4. The van der Waals surface area contributed by atoms with Crippen molar-refractivity contribution in [2.45, 2.75) is 29.4 Å². The number of rotatable bonds is 21. The van der Waals surface area contributed by atoms with E-state index in [2.05, 4.69) is 102 Å². The number of hydrogen-bond acceptors (Lipinski definition) is 26. The van der Waals surface area contributed by atoms with E-state index in [1.54, 1.807) is 48.5 Å². The molecule has 0 radical (unpaired) electrons. The quantitative estimate of drug-likeness (QED) is 0.00612. The molecule has 0 saturated heterocycles. The van der Waals surface area contributed by atoms with E-state index < -0.39 is 90.1 Å². The summed E-state index contributed by atoms with van der Waals surface area (Å²) in [6.07, 6.45) is 4.32. The molecule has 0 heterocycles. The van der Waals surface area contributed by atoms with Gasteiger partial charge in [0.1, 0.15) is 72.1 Å². The number of aliphatic imine (C=N–C) groups is 2. The number of benzene rings is 10. The van der Waals surface area contributed by atoms with Crippen molar-refractivity contribution in [1.82, 2.24) is 0 Å². The van der Waals surface area contributed by atoms with Crippen LogP contribution in [0.25, 0.3) is 57.0 Å². The van der Waals surface area contributed by atoms with Gasteiger partial charge in [-0.2, -0.15) is 10.2 Å². The Labute approximate surface area is 785 Å². The minimum Gasteiger partial charge on any atom is -0.744 e. The Balaban J connectivity index is 0.00000426. The SMILES string of the molecule is N=C(S)Nc1ccc(/C=C/c2ccc(N=C(S)Nc3c(N=Nc4ccc(-c5ccc(N=Nc6cc(S(=O)(=O)[O-])c7ccccc7c6NC(S)=Nc6ccc(/C=C/c7ccc(NC(=N)S)cc7S(=O)(=O)[O-])c(S(=O)(=O)[O-])c6)cc5)cc4)cc(S(=O)(=O)[O-])c4ccccc34)cc2S(=O)(=O)[O-])c(S(=O)(=O)[O-])c1.[Na+].[Na+].[Na+].[Na+].[Na+].[Na+]. The van der Waals surface area contributed by atoms with Crippen molar-refractivity contribution in [3.05, 3.63) is 204 Å². The average Bonchev–Trinajstić information content (AvgIpc) is 0.762. The van der Waals surface area contributed by atoms with Crippen molar-refractivity contribution in [3.8, 4) is 11.1 Å². The van der Waals surface area contributed by atoms with Gasteiger partial charge in [-0.25, -0.2) is 60.5 Å². The van der Waals surface area contributed by atoms with Crippen molar-refractivity contribution in [2.75, 3.05) is 21.3 Å². The summed E-state index contributed by atoms with van der Waals surface area (Å²) in [6.45, 7) is 0. The summed E-state index contributed by atoms with van der Waals surface area (Å²) < 4.78 is 225. The first kappa shape index (κ1) is 98.5. The van der Waals surface area contributed by atoms with Crippen LogP contribution in [0.5, 0.6) is 0 Å². The van der Waals surface area contributed by atoms with Gasteiger partial charge >= 0.3 is 177 Å². The second-order valence-corrected chi connectivity index (χ2v) is 31.4. The molecule has 10 aromatic rings. The maximum atomic E-state index is 12.7. The van der Waals surface area contributed by atoms with Crippen LogP contribution in [-0.2, 0) is 60.7 Å². The van der Waals surface area contributed by atoms with Crippen LogP contribution in [0.2, 0.25) is 0 Å². The number of thiol groups is 4. The van der Waals surface area contributed by atoms with Crippen molar-refractivity contribution in [3.63, 3.8) is 0 Å². The van der Waals surface area contributed by atoms with Gasteiger partial charge in [0.15, 0.2) is 20.7 Å². The molecule has 0 saturated carbocycles. The van der Waals surface area contributed by atoms with Gasteiger partial charge in [0.25, 0.3) is 0 Å². The normalized spacial score (nSPS) is 12.3. The molecule has 0 atom stereocenters. The van der Waals surface area contributed by atoms with E-state index in [0.29, 0.717) is 11.1 Å². The summed E-state index contributed by atoms with van der Waals surface area (Å²) in [6, 6.07) is 39.9. The van der Waals surface area contributed by atoms with Crippen LogP contribution in [0.15, 0.2) is 242 Å². The van der Waals surface area contributed by atoms with Crippen molar-refractivity contribution >= 4 is 235 Å². The monoisotopic (exact) mass is 1730 g/mol. The van der Waals surface area contributed by atoms with Crippen LogP contribution >= 0.6 is 50.5 Å². The van der Waals surface area contributed by atoms with Crippen LogP contribution in [-0.4, -0.2) is 98.5 Å². The molecule has 0 spiro atoms. The standard InChI is InChI=1S/C64H50N12O18S10.6Na/c65-61(95)67-43-25-17-37(53(29-43)99(77,78)79)9-11-39-19-27-45(31-55(39)101(83,84)85)69-63(97)71-59-49-7-3-1-5-47(49)57(103(89,90)91)33-51(59)75-73-41-21-13-35(14-22-41)36-15-23-42(24-16-36)74-76-52-34-58(104(92,93)94)48-6-2-4-8-50(48)60(52)72-64(98)70-46-28-20-40(56(32-46)102(86,87)88)12-10-38-18-26-44(68-62(66)96)30-54(38)100(80,81)82;;;;;;/h1-34H,(H3,65,67,95)(H3,66,68,96)(H2,69,71,97)(H2,70,72,98)(H,77,78,79)(H,80,81,82)(H,83,84,85)(H,86,87,88)(H,89,90,91)(H,92,93,94);;;;;;/q;6*+1/p-6/b11-9+,12-10+,75-73?,76-74?;;;;;;. The molecule has 0 aliphatic carbocycles. The molecular formula is C64H44N12Na6O18S10. The minimum absolute atomic E-state index is 0. The molecule has 0 unspecified atom stereocenters. The molecule has 10 aromatic carbocycles. The number of nitrogens with one attached hydrogen (secondary N) is 6. The number of nitrogens with zero attached hydrogens (tertiary/aromatic N) is 6. The summed E-state index contributed by atoms with van der Waals surface area (Å²) >= 11 is 16.5. The molecule has 0 aliphatic heterocycles. The number of azo groups is 2. The van der Waals surface area contributed by atoms with E-state index in [1.165, 1.54) is 84.9 Å². The topological polar surface area (TPSA) is 513 Å². The van der Waals surface area contributed by atoms with Gasteiger partial charge in [0.05, 0.1) is 63.5 Å². The summed E-state index contributed by atoms with van der Waals surface area (Å²) in [7, 11) is -31.2. The predicted octanol–water partition coefficient (Wildman–Crippen LogP) is -5.11. The molecule has 0 amide bonds. The molecule has 534 valence electrons. The first-order valence-electron chi connectivity index (χ1n) is 28.8. The third-order valence-corrected chi connectivity index (χ3v) is 20.5. The van der Waals surface area contributed by atoms with E-state index in [1.807, 2.05) is 0 Å². The largest absolute Gasteiger partial charge is 1.00 e. The van der Waals surface area contributed by atoms with Gasteiger partial charge in [-0.1, -0.05) is 121 Å². The Morgan fingerprint density at radius 2 is 0.573 bits per heavy atom. The van der Waals surface area contributed by atoms with Crippen molar-refractivity contribution in [2.24, 2.45) is 30.4 Å². The molecule has 0 aromatic heterocycles. The second-order valence-electron chi connectivity index (χ2n) is 21.5. The summed E-state index contributed by atoms with van der Waals surface area (Å²) in [5.41, 5.74) is 0.0771. The van der Waals surface area contributed by atoms with E-state index in [4.69, 9.17) is 10.8 Å². The molecule has 10 rings (SSSR count). The molecule has 110 heavy (non-hydrogen) atoms. The van der Waals surface area contributed by atoms with Crippen molar-refractivity contribution in [1.29, 1.82) is 10.8 Å². The van der Waals surface area contributed by atoms with Gasteiger partial charge in [-0.05, 0) is 118 Å². The first-order chi connectivity index (χ1) is 48.8. The Morgan fingerprint density at radius 3 is 0.855 bits per heavy atom. The molecule has 0 aliphatic rings. The fraction of sp³-hybridized carbons (Fsp3) is 0. The average molecular weight is 1730 g/mol. The third kappa shape index (κ3) is 26.1. The maximum Gasteiger partial charge on any atom is 1.00 e. The maximum absolute atomic E-state index is 12.7. The van der Waals surface area contributed by atoms with E-state index >= 15 is 0 Å². The van der Waals surface area contributed by atoms with Crippen LogP contribution in [0, 0.1) is 10.8 Å². The van der Waals surface area contributed by atoms with Gasteiger partial charge in [0.2, 0.25) is 0 Å². The van der Waals surface area contributed by atoms with Crippen LogP contribution in [0.3, 0.4) is 0 Å². The van der Waals surface area contributed by atoms with Crippen LogP contribution < -0.4 is 199 Å². The van der Waals surface area contributed by atoms with Crippen molar-refractivity contribution < 1.29 is 255 Å². The van der Waals surface area contributed by atoms with E-state index in [-0.39, 0.29) is 299 Å². The molecule has 0 bridgehead atoms. The molecule has 30 nitrogen and oxygen atoms in total. The first-order valence-corrected chi connectivity index (χ1v) is 39.0.